The first kappa shape index (κ1) is 14.5. The van der Waals surface area contributed by atoms with Gasteiger partial charge in [0.15, 0.2) is 0 Å². The summed E-state index contributed by atoms with van der Waals surface area (Å²) in [6.07, 6.45) is 4.83. The fourth-order valence-corrected chi connectivity index (χ4v) is 3.28. The highest BCUT2D eigenvalue weighted by Crippen LogP contribution is 2.27. The highest BCUT2D eigenvalue weighted by Gasteiger charge is 2.18. The third kappa shape index (κ3) is 3.11. The minimum Gasteiger partial charge on any atom is -0.388 e. The Bertz CT molecular complexity index is 599. The van der Waals surface area contributed by atoms with Gasteiger partial charge < -0.3 is 10.0 Å². The Morgan fingerprint density at radius 3 is 2.90 bits per heavy atom. The minimum atomic E-state index is -0.386. The minimum absolute atomic E-state index is 0.386. The Morgan fingerprint density at radius 2 is 2.14 bits per heavy atom. The number of aromatic nitrogens is 2. The first-order valence-corrected chi connectivity index (χ1v) is 7.98. The van der Waals surface area contributed by atoms with Crippen molar-refractivity contribution in [1.82, 2.24) is 15.1 Å². The molecule has 1 aliphatic heterocycles. The third-order valence-electron chi connectivity index (χ3n) is 4.89. The molecule has 1 aromatic heterocycles. The molecule has 1 unspecified atom stereocenters. The molecule has 0 radical (unpaired) electrons. The number of piperidine rings is 1. The van der Waals surface area contributed by atoms with Gasteiger partial charge in [-0.05, 0) is 62.4 Å². The van der Waals surface area contributed by atoms with E-state index in [9.17, 15) is 5.11 Å². The smallest absolute Gasteiger partial charge is 0.0805 e. The van der Waals surface area contributed by atoms with E-state index in [4.69, 9.17) is 0 Å². The fraction of sp³-hybridized carbons (Fsp3) is 0.588. The summed E-state index contributed by atoms with van der Waals surface area (Å²) in [7, 11) is 0. The molecule has 2 N–H and O–H groups in total. The highest BCUT2D eigenvalue weighted by atomic mass is 16.3. The first-order valence-electron chi connectivity index (χ1n) is 7.98. The molecule has 114 valence electrons. The van der Waals surface area contributed by atoms with E-state index in [0.29, 0.717) is 0 Å². The van der Waals surface area contributed by atoms with Crippen molar-refractivity contribution in [3.8, 4) is 0 Å². The SMILES string of the molecule is Cc1c(C(O)CCN2CCC(C)CC2)ccc2[nH]ncc12. The second-order valence-corrected chi connectivity index (χ2v) is 6.44. The number of H-pyrrole nitrogens is 1. The summed E-state index contributed by atoms with van der Waals surface area (Å²) in [5.41, 5.74) is 3.21. The average Bonchev–Trinajstić information content (AvgIpc) is 2.96. The number of aryl methyl sites for hydroxylation is 1. The van der Waals surface area contributed by atoms with Crippen LogP contribution in [0.2, 0.25) is 0 Å². The van der Waals surface area contributed by atoms with Gasteiger partial charge in [-0.1, -0.05) is 13.0 Å². The van der Waals surface area contributed by atoms with Crippen LogP contribution in [0.3, 0.4) is 0 Å². The van der Waals surface area contributed by atoms with Crippen LogP contribution >= 0.6 is 0 Å². The number of aromatic amines is 1. The lowest BCUT2D eigenvalue weighted by Crippen LogP contribution is -2.34. The van der Waals surface area contributed by atoms with E-state index in [-0.39, 0.29) is 6.10 Å². The van der Waals surface area contributed by atoms with Gasteiger partial charge in [0.2, 0.25) is 0 Å². The number of benzene rings is 1. The molecule has 1 saturated heterocycles. The van der Waals surface area contributed by atoms with Crippen LogP contribution in [-0.2, 0) is 0 Å². The zero-order valence-corrected chi connectivity index (χ0v) is 13.0. The van der Waals surface area contributed by atoms with Crippen LogP contribution in [0.5, 0.6) is 0 Å². The Balaban J connectivity index is 1.64. The number of likely N-dealkylation sites (tertiary alicyclic amines) is 1. The van der Waals surface area contributed by atoms with Gasteiger partial charge in [-0.15, -0.1) is 0 Å². The van der Waals surface area contributed by atoms with Gasteiger partial charge in [-0.2, -0.15) is 5.10 Å². The number of rotatable bonds is 4. The maximum absolute atomic E-state index is 10.5. The second-order valence-electron chi connectivity index (χ2n) is 6.44. The second kappa shape index (κ2) is 6.16. The molecular weight excluding hydrogens is 262 g/mol. The summed E-state index contributed by atoms with van der Waals surface area (Å²) in [4.78, 5) is 2.48. The molecule has 1 fully saturated rings. The molecule has 4 heteroatoms. The van der Waals surface area contributed by atoms with E-state index in [0.717, 1.165) is 40.9 Å². The number of aliphatic hydroxyl groups is 1. The van der Waals surface area contributed by atoms with E-state index < -0.39 is 0 Å². The van der Waals surface area contributed by atoms with Crippen molar-refractivity contribution in [2.45, 2.75) is 39.2 Å². The van der Waals surface area contributed by atoms with E-state index in [1.807, 2.05) is 18.3 Å². The van der Waals surface area contributed by atoms with Gasteiger partial charge in [-0.3, -0.25) is 5.10 Å². The average molecular weight is 287 g/mol. The Hall–Kier alpha value is -1.39. The Labute approximate surface area is 126 Å². The zero-order valence-electron chi connectivity index (χ0n) is 13.0. The number of nitrogens with one attached hydrogen (secondary N) is 1. The van der Waals surface area contributed by atoms with Crippen molar-refractivity contribution < 1.29 is 5.11 Å². The van der Waals surface area contributed by atoms with E-state index in [1.165, 1.54) is 25.9 Å². The van der Waals surface area contributed by atoms with Gasteiger partial charge in [-0.25, -0.2) is 0 Å². The summed E-state index contributed by atoms with van der Waals surface area (Å²) in [5.74, 6) is 0.858. The molecule has 1 aromatic carbocycles. The van der Waals surface area contributed by atoms with Gasteiger partial charge in [0.1, 0.15) is 0 Å². The summed E-state index contributed by atoms with van der Waals surface area (Å²) in [6.45, 7) is 7.73. The van der Waals surface area contributed by atoms with Gasteiger partial charge in [0.05, 0.1) is 17.8 Å². The van der Waals surface area contributed by atoms with Crippen molar-refractivity contribution in [2.75, 3.05) is 19.6 Å². The van der Waals surface area contributed by atoms with E-state index >= 15 is 0 Å². The molecule has 1 atom stereocenters. The zero-order chi connectivity index (χ0) is 14.8. The molecule has 2 heterocycles. The Kier molecular flexibility index (Phi) is 4.27. The van der Waals surface area contributed by atoms with Crippen molar-refractivity contribution in [1.29, 1.82) is 0 Å². The lowest BCUT2D eigenvalue weighted by atomic mass is 9.96. The molecule has 0 bridgehead atoms. The molecular formula is C17H25N3O. The molecule has 0 aliphatic carbocycles. The number of nitrogens with zero attached hydrogens (tertiary/aromatic N) is 2. The molecule has 0 amide bonds. The van der Waals surface area contributed by atoms with Gasteiger partial charge >= 0.3 is 0 Å². The standard InChI is InChI=1S/C17H25N3O/c1-12-5-8-20(9-6-12)10-7-17(21)14-3-4-16-15(13(14)2)11-18-19-16/h3-4,11-12,17,21H,5-10H2,1-2H3,(H,18,19). The molecule has 3 rings (SSSR count). The number of aliphatic hydroxyl groups excluding tert-OH is 1. The molecule has 2 aromatic rings. The van der Waals surface area contributed by atoms with Crippen LogP contribution in [0.15, 0.2) is 18.3 Å². The van der Waals surface area contributed by atoms with Crippen molar-refractivity contribution >= 4 is 10.9 Å². The number of fused-ring (bicyclic) bond motifs is 1. The van der Waals surface area contributed by atoms with Crippen LogP contribution in [0.25, 0.3) is 10.9 Å². The summed E-state index contributed by atoms with van der Waals surface area (Å²) in [5, 5.41) is 18.7. The predicted molar refractivity (Wildman–Crippen MR) is 85.2 cm³/mol. The fourth-order valence-electron chi connectivity index (χ4n) is 3.28. The van der Waals surface area contributed by atoms with Crippen LogP contribution in [0.1, 0.15) is 43.4 Å². The number of hydrogen-bond donors (Lipinski definition) is 2. The lowest BCUT2D eigenvalue weighted by Gasteiger charge is -2.30. The first-order chi connectivity index (χ1) is 10.1. The Morgan fingerprint density at radius 1 is 1.38 bits per heavy atom. The van der Waals surface area contributed by atoms with Gasteiger partial charge in [0, 0.05) is 11.9 Å². The molecule has 21 heavy (non-hydrogen) atoms. The van der Waals surface area contributed by atoms with E-state index in [1.54, 1.807) is 0 Å². The van der Waals surface area contributed by atoms with Crippen molar-refractivity contribution in [3.05, 3.63) is 29.5 Å². The largest absolute Gasteiger partial charge is 0.388 e. The normalized spacial score (nSPS) is 19.2. The summed E-state index contributed by atoms with van der Waals surface area (Å²) in [6, 6.07) is 4.04. The van der Waals surface area contributed by atoms with Gasteiger partial charge in [0.25, 0.3) is 0 Å². The maximum atomic E-state index is 10.5. The van der Waals surface area contributed by atoms with Crippen LogP contribution in [-0.4, -0.2) is 39.8 Å². The quantitative estimate of drug-likeness (QED) is 0.909. The maximum Gasteiger partial charge on any atom is 0.0805 e. The monoisotopic (exact) mass is 287 g/mol. The molecule has 0 spiro atoms. The molecule has 4 nitrogen and oxygen atoms in total. The molecule has 0 saturated carbocycles. The van der Waals surface area contributed by atoms with E-state index in [2.05, 4.69) is 28.9 Å². The van der Waals surface area contributed by atoms with Crippen molar-refractivity contribution in [2.24, 2.45) is 5.92 Å². The lowest BCUT2D eigenvalue weighted by molar-refractivity contribution is 0.125. The third-order valence-corrected chi connectivity index (χ3v) is 4.89. The predicted octanol–water partition coefficient (Wildman–Crippen LogP) is 3.03. The summed E-state index contributed by atoms with van der Waals surface area (Å²) >= 11 is 0. The topological polar surface area (TPSA) is 52.1 Å². The van der Waals surface area contributed by atoms with Crippen LogP contribution < -0.4 is 0 Å². The molecule has 1 aliphatic rings. The summed E-state index contributed by atoms with van der Waals surface area (Å²) < 4.78 is 0. The van der Waals surface area contributed by atoms with Crippen LogP contribution in [0.4, 0.5) is 0 Å². The highest BCUT2D eigenvalue weighted by molar-refractivity contribution is 5.82. The van der Waals surface area contributed by atoms with Crippen molar-refractivity contribution in [3.63, 3.8) is 0 Å². The number of hydrogen-bond acceptors (Lipinski definition) is 3. The van der Waals surface area contributed by atoms with Crippen LogP contribution in [0, 0.1) is 12.8 Å².